The van der Waals surface area contributed by atoms with E-state index in [1.54, 1.807) is 0 Å². The maximum absolute atomic E-state index is 13.3. The van der Waals surface area contributed by atoms with Crippen molar-refractivity contribution in [1.82, 2.24) is 5.32 Å². The highest BCUT2D eigenvalue weighted by atomic mass is 19.1. The number of aliphatic hydroxyl groups excluding tert-OH is 1. The molecule has 1 aliphatic rings. The first-order valence-electron chi connectivity index (χ1n) is 6.52. The Balaban J connectivity index is 0.000000956. The van der Waals surface area contributed by atoms with Gasteiger partial charge in [-0.25, -0.2) is 4.39 Å². The van der Waals surface area contributed by atoms with Gasteiger partial charge in [-0.05, 0) is 19.1 Å². The number of aliphatic hydroxyl groups is 1. The van der Waals surface area contributed by atoms with Crippen molar-refractivity contribution in [2.24, 2.45) is 5.92 Å². The number of carbonyl (C=O) groups excluding carboxylic acids is 2. The second kappa shape index (κ2) is 7.00. The molecule has 0 bridgehead atoms. The Bertz CT molecular complexity index is 505. The molecule has 0 aliphatic carbocycles. The number of nitrogens with one attached hydrogen (secondary N) is 2. The summed E-state index contributed by atoms with van der Waals surface area (Å²) >= 11 is 0. The molecule has 1 saturated heterocycles. The molecule has 110 valence electrons. The van der Waals surface area contributed by atoms with Crippen LogP contribution in [0.3, 0.4) is 0 Å². The number of β-amino-alcohol motifs (C(OH)–C–C–N with tert-alkyl or cyclic N) is 1. The van der Waals surface area contributed by atoms with Crippen LogP contribution >= 0.6 is 0 Å². The second-order valence-electron chi connectivity index (χ2n) is 4.19. The summed E-state index contributed by atoms with van der Waals surface area (Å²) in [7, 11) is 0. The molecule has 0 saturated carbocycles. The molecule has 5 nitrogen and oxygen atoms in total. The van der Waals surface area contributed by atoms with Crippen LogP contribution in [0, 0.1) is 18.7 Å². The zero-order valence-electron chi connectivity index (χ0n) is 11.7. The predicted molar refractivity (Wildman–Crippen MR) is 73.6 cm³/mol. The fourth-order valence-electron chi connectivity index (χ4n) is 1.85. The maximum Gasteiger partial charge on any atom is 0.239 e. The third-order valence-electron chi connectivity index (χ3n) is 2.96. The standard InChI is InChI=1S/C12H13FN2O3.C2H6/c1-6-7(13)3-2-4-8(6)15-12(18)10-9(16)5-14-11(10)17;1-2/h2-4,9-10,16H,5H2,1H3,(H,14,17)(H,15,18);1-2H3. The van der Waals surface area contributed by atoms with Gasteiger partial charge in [0.05, 0.1) is 6.10 Å². The molecular weight excluding hydrogens is 263 g/mol. The van der Waals surface area contributed by atoms with Crippen molar-refractivity contribution in [2.45, 2.75) is 26.9 Å². The molecule has 3 N–H and O–H groups in total. The van der Waals surface area contributed by atoms with E-state index < -0.39 is 29.7 Å². The Hall–Kier alpha value is -1.95. The fraction of sp³-hybridized carbons (Fsp3) is 0.429. The summed E-state index contributed by atoms with van der Waals surface area (Å²) in [6.45, 7) is 5.58. The average Bonchev–Trinajstić information content (AvgIpc) is 2.77. The fourth-order valence-corrected chi connectivity index (χ4v) is 1.85. The van der Waals surface area contributed by atoms with E-state index in [1.165, 1.54) is 25.1 Å². The maximum atomic E-state index is 13.3. The summed E-state index contributed by atoms with van der Waals surface area (Å²) in [5.74, 6) is -2.74. The molecule has 2 rings (SSSR count). The molecule has 0 spiro atoms. The normalized spacial score (nSPS) is 20.8. The minimum atomic E-state index is -1.15. The van der Waals surface area contributed by atoms with Gasteiger partial charge in [-0.1, -0.05) is 19.9 Å². The van der Waals surface area contributed by atoms with E-state index in [4.69, 9.17) is 0 Å². The Morgan fingerprint density at radius 3 is 2.65 bits per heavy atom. The molecule has 2 amide bonds. The molecule has 1 heterocycles. The molecule has 2 atom stereocenters. The van der Waals surface area contributed by atoms with Gasteiger partial charge in [-0.2, -0.15) is 0 Å². The smallest absolute Gasteiger partial charge is 0.239 e. The van der Waals surface area contributed by atoms with Gasteiger partial charge >= 0.3 is 0 Å². The zero-order chi connectivity index (χ0) is 15.3. The molecule has 2 unspecified atom stereocenters. The van der Waals surface area contributed by atoms with Crippen molar-refractivity contribution in [3.63, 3.8) is 0 Å². The first kappa shape index (κ1) is 16.1. The van der Waals surface area contributed by atoms with Crippen molar-refractivity contribution in [1.29, 1.82) is 0 Å². The minimum Gasteiger partial charge on any atom is -0.390 e. The molecule has 0 radical (unpaired) electrons. The van der Waals surface area contributed by atoms with Gasteiger partial charge in [0.15, 0.2) is 0 Å². The number of amides is 2. The Labute approximate surface area is 117 Å². The molecule has 1 aliphatic heterocycles. The average molecular weight is 282 g/mol. The topological polar surface area (TPSA) is 78.4 Å². The quantitative estimate of drug-likeness (QED) is 0.713. The molecule has 1 aromatic carbocycles. The van der Waals surface area contributed by atoms with Crippen LogP contribution in [-0.4, -0.2) is 29.6 Å². The van der Waals surface area contributed by atoms with Gasteiger partial charge in [-0.15, -0.1) is 0 Å². The van der Waals surface area contributed by atoms with Crippen LogP contribution in [0.15, 0.2) is 18.2 Å². The van der Waals surface area contributed by atoms with Crippen LogP contribution in [0.25, 0.3) is 0 Å². The van der Waals surface area contributed by atoms with E-state index in [-0.39, 0.29) is 6.54 Å². The van der Waals surface area contributed by atoms with Gasteiger partial charge in [0.25, 0.3) is 0 Å². The van der Waals surface area contributed by atoms with Crippen LogP contribution in [0.1, 0.15) is 19.4 Å². The van der Waals surface area contributed by atoms with Crippen LogP contribution in [-0.2, 0) is 9.59 Å². The monoisotopic (exact) mass is 282 g/mol. The molecule has 20 heavy (non-hydrogen) atoms. The lowest BCUT2D eigenvalue weighted by Crippen LogP contribution is -2.35. The summed E-state index contributed by atoms with van der Waals surface area (Å²) in [5, 5.41) is 14.4. The third kappa shape index (κ3) is 3.33. The lowest BCUT2D eigenvalue weighted by Gasteiger charge is -2.13. The van der Waals surface area contributed by atoms with E-state index in [0.717, 1.165) is 0 Å². The third-order valence-corrected chi connectivity index (χ3v) is 2.96. The number of benzene rings is 1. The number of hydrogen-bond acceptors (Lipinski definition) is 3. The summed E-state index contributed by atoms with van der Waals surface area (Å²) < 4.78 is 13.3. The lowest BCUT2D eigenvalue weighted by atomic mass is 10.0. The Morgan fingerprint density at radius 1 is 1.45 bits per heavy atom. The largest absolute Gasteiger partial charge is 0.390 e. The molecule has 1 fully saturated rings. The number of hydrogen-bond donors (Lipinski definition) is 3. The number of carbonyl (C=O) groups is 2. The molecule has 0 aromatic heterocycles. The van der Waals surface area contributed by atoms with Crippen molar-refractivity contribution in [3.05, 3.63) is 29.6 Å². The molecular formula is C14H19FN2O3. The second-order valence-corrected chi connectivity index (χ2v) is 4.19. The Kier molecular flexibility index (Phi) is 5.64. The number of rotatable bonds is 2. The van der Waals surface area contributed by atoms with Gasteiger partial charge in [-0.3, -0.25) is 9.59 Å². The summed E-state index contributed by atoms with van der Waals surface area (Å²) in [5.41, 5.74) is 0.589. The van der Waals surface area contributed by atoms with E-state index in [1.807, 2.05) is 13.8 Å². The predicted octanol–water partition coefficient (Wildman–Crippen LogP) is 1.21. The van der Waals surface area contributed by atoms with Gasteiger partial charge in [0.1, 0.15) is 11.7 Å². The van der Waals surface area contributed by atoms with Gasteiger partial charge in [0.2, 0.25) is 11.8 Å². The van der Waals surface area contributed by atoms with E-state index in [0.29, 0.717) is 11.3 Å². The molecule has 6 heteroatoms. The van der Waals surface area contributed by atoms with Crippen LogP contribution in [0.2, 0.25) is 0 Å². The highest BCUT2D eigenvalue weighted by Crippen LogP contribution is 2.20. The van der Waals surface area contributed by atoms with E-state index >= 15 is 0 Å². The molecule has 1 aromatic rings. The van der Waals surface area contributed by atoms with Crippen LogP contribution in [0.5, 0.6) is 0 Å². The number of anilines is 1. The summed E-state index contributed by atoms with van der Waals surface area (Å²) in [6.07, 6.45) is -1.05. The summed E-state index contributed by atoms with van der Waals surface area (Å²) in [4.78, 5) is 23.2. The lowest BCUT2D eigenvalue weighted by molar-refractivity contribution is -0.132. The first-order valence-corrected chi connectivity index (χ1v) is 6.52. The van der Waals surface area contributed by atoms with Gasteiger partial charge < -0.3 is 15.7 Å². The van der Waals surface area contributed by atoms with E-state index in [2.05, 4.69) is 10.6 Å². The van der Waals surface area contributed by atoms with Crippen LogP contribution < -0.4 is 10.6 Å². The SMILES string of the molecule is CC.Cc1c(F)cccc1NC(=O)C1C(=O)NCC1O. The van der Waals surface area contributed by atoms with Gasteiger partial charge in [0, 0.05) is 17.8 Å². The van der Waals surface area contributed by atoms with Crippen LogP contribution in [0.4, 0.5) is 10.1 Å². The van der Waals surface area contributed by atoms with E-state index in [9.17, 15) is 19.1 Å². The summed E-state index contributed by atoms with van der Waals surface area (Å²) in [6, 6.07) is 4.28. The Morgan fingerprint density at radius 2 is 2.10 bits per heavy atom. The highest BCUT2D eigenvalue weighted by molar-refractivity contribution is 6.08. The zero-order valence-corrected chi connectivity index (χ0v) is 11.7. The van der Waals surface area contributed by atoms with Crippen molar-refractivity contribution < 1.29 is 19.1 Å². The number of halogens is 1. The van der Waals surface area contributed by atoms with Crippen molar-refractivity contribution in [3.8, 4) is 0 Å². The first-order chi connectivity index (χ1) is 9.50. The van der Waals surface area contributed by atoms with Crippen molar-refractivity contribution in [2.75, 3.05) is 11.9 Å². The van der Waals surface area contributed by atoms with Crippen molar-refractivity contribution >= 4 is 17.5 Å². The minimum absolute atomic E-state index is 0.0546. The highest BCUT2D eigenvalue weighted by Gasteiger charge is 2.39.